The van der Waals surface area contributed by atoms with Gasteiger partial charge in [-0.3, -0.25) is 9.59 Å². The zero-order valence-electron chi connectivity index (χ0n) is 9.01. The molecule has 0 N–H and O–H groups in total. The minimum atomic E-state index is -0.614. The first-order chi connectivity index (χ1) is 5.72. The van der Waals surface area contributed by atoms with Gasteiger partial charge in [0.2, 0.25) is 0 Å². The van der Waals surface area contributed by atoms with E-state index in [0.717, 1.165) is 0 Å². The molecule has 0 aromatic heterocycles. The summed E-state index contributed by atoms with van der Waals surface area (Å²) in [5.41, 5.74) is -0.0501. The maximum absolute atomic E-state index is 11.4. The van der Waals surface area contributed by atoms with Gasteiger partial charge in [0.05, 0.1) is 0 Å². The molecule has 3 heteroatoms. The molecule has 0 amide bonds. The van der Waals surface area contributed by atoms with Crippen molar-refractivity contribution in [2.45, 2.75) is 47.1 Å². The molecule has 0 saturated carbocycles. The van der Waals surface area contributed by atoms with Crippen LogP contribution >= 0.6 is 0 Å². The highest BCUT2D eigenvalue weighted by molar-refractivity contribution is 5.85. The van der Waals surface area contributed by atoms with Crippen LogP contribution in [0.5, 0.6) is 0 Å². The van der Waals surface area contributed by atoms with E-state index in [1.807, 2.05) is 20.8 Å². The summed E-state index contributed by atoms with van der Waals surface area (Å²) < 4.78 is 4.77. The van der Waals surface area contributed by atoms with Gasteiger partial charge in [-0.25, -0.2) is 0 Å². The highest BCUT2D eigenvalue weighted by Gasteiger charge is 2.22. The summed E-state index contributed by atoms with van der Waals surface area (Å²) in [6.45, 7) is 8.85. The lowest BCUT2D eigenvalue weighted by Gasteiger charge is -2.19. The molecule has 13 heavy (non-hydrogen) atoms. The van der Waals surface area contributed by atoms with Crippen molar-refractivity contribution >= 4 is 11.8 Å². The van der Waals surface area contributed by atoms with Gasteiger partial charge in [-0.15, -0.1) is 0 Å². The fraction of sp³-hybridized carbons (Fsp3) is 0.800. The van der Waals surface area contributed by atoms with Gasteiger partial charge in [-0.1, -0.05) is 20.8 Å². The molecule has 0 fully saturated rings. The van der Waals surface area contributed by atoms with E-state index in [9.17, 15) is 9.59 Å². The summed E-state index contributed by atoms with van der Waals surface area (Å²) in [6, 6.07) is 0. The van der Waals surface area contributed by atoms with Gasteiger partial charge in [0, 0.05) is 13.3 Å². The monoisotopic (exact) mass is 186 g/mol. The van der Waals surface area contributed by atoms with Crippen LogP contribution in [-0.4, -0.2) is 17.9 Å². The number of hydrogen-bond acceptors (Lipinski definition) is 3. The predicted octanol–water partition coefficient (Wildman–Crippen LogP) is 1.94. The van der Waals surface area contributed by atoms with Gasteiger partial charge in [0.15, 0.2) is 11.9 Å². The van der Waals surface area contributed by atoms with Crippen molar-refractivity contribution in [1.29, 1.82) is 0 Å². The van der Waals surface area contributed by atoms with Gasteiger partial charge in [0.25, 0.3) is 0 Å². The van der Waals surface area contributed by atoms with Crippen molar-refractivity contribution in [3.05, 3.63) is 0 Å². The Labute approximate surface area is 79.5 Å². The van der Waals surface area contributed by atoms with Crippen molar-refractivity contribution in [3.8, 4) is 0 Å². The van der Waals surface area contributed by atoms with E-state index in [-0.39, 0.29) is 11.2 Å². The van der Waals surface area contributed by atoms with E-state index >= 15 is 0 Å². The van der Waals surface area contributed by atoms with Crippen LogP contribution in [0.1, 0.15) is 41.0 Å². The first-order valence-corrected chi connectivity index (χ1v) is 4.42. The lowest BCUT2D eigenvalue weighted by atomic mass is 9.89. The average molecular weight is 186 g/mol. The molecule has 0 bridgehead atoms. The summed E-state index contributed by atoms with van der Waals surface area (Å²) in [7, 11) is 0. The molecule has 1 unspecified atom stereocenters. The fourth-order valence-corrected chi connectivity index (χ4v) is 0.981. The Balaban J connectivity index is 4.05. The Morgan fingerprint density at radius 2 is 1.77 bits per heavy atom. The van der Waals surface area contributed by atoms with Gasteiger partial charge >= 0.3 is 5.97 Å². The van der Waals surface area contributed by atoms with Gasteiger partial charge in [-0.2, -0.15) is 0 Å². The second kappa shape index (κ2) is 4.40. The van der Waals surface area contributed by atoms with Crippen LogP contribution in [0.25, 0.3) is 0 Å². The van der Waals surface area contributed by atoms with E-state index in [4.69, 9.17) is 4.74 Å². The molecule has 3 nitrogen and oxygen atoms in total. The van der Waals surface area contributed by atoms with Crippen molar-refractivity contribution in [2.75, 3.05) is 0 Å². The molecule has 0 saturated heterocycles. The van der Waals surface area contributed by atoms with Crippen LogP contribution in [0.3, 0.4) is 0 Å². The largest absolute Gasteiger partial charge is 0.455 e. The summed E-state index contributed by atoms with van der Waals surface area (Å²) in [5, 5.41) is 0. The molecular formula is C10H18O3. The summed E-state index contributed by atoms with van der Waals surface area (Å²) in [5.74, 6) is -0.433. The molecule has 0 heterocycles. The zero-order chi connectivity index (χ0) is 10.6. The second-order valence-electron chi connectivity index (χ2n) is 4.46. The lowest BCUT2D eigenvalue weighted by molar-refractivity contribution is -0.152. The normalized spacial score (nSPS) is 13.6. The number of ketones is 1. The van der Waals surface area contributed by atoms with Gasteiger partial charge in [-0.05, 0) is 12.3 Å². The first-order valence-electron chi connectivity index (χ1n) is 4.42. The van der Waals surface area contributed by atoms with Crippen LogP contribution in [0.2, 0.25) is 0 Å². The third-order valence-corrected chi connectivity index (χ3v) is 1.50. The SMILES string of the molecule is CC(=O)OC(C)C(=O)CC(C)(C)C. The molecule has 0 rings (SSSR count). The molecule has 0 radical (unpaired) electrons. The molecule has 0 aromatic carbocycles. The molecule has 76 valence electrons. The highest BCUT2D eigenvalue weighted by Crippen LogP contribution is 2.20. The molecule has 0 spiro atoms. The Bertz CT molecular complexity index is 201. The third-order valence-electron chi connectivity index (χ3n) is 1.50. The lowest BCUT2D eigenvalue weighted by Crippen LogP contribution is -2.26. The minimum absolute atomic E-state index is 0.0253. The highest BCUT2D eigenvalue weighted by atomic mass is 16.5. The number of hydrogen-bond donors (Lipinski definition) is 0. The van der Waals surface area contributed by atoms with E-state index in [1.54, 1.807) is 6.92 Å². The van der Waals surface area contributed by atoms with E-state index in [2.05, 4.69) is 0 Å². The fourth-order valence-electron chi connectivity index (χ4n) is 0.981. The van der Waals surface area contributed by atoms with Crippen molar-refractivity contribution < 1.29 is 14.3 Å². The maximum Gasteiger partial charge on any atom is 0.303 e. The van der Waals surface area contributed by atoms with E-state index < -0.39 is 12.1 Å². The minimum Gasteiger partial charge on any atom is -0.455 e. The number of carbonyl (C=O) groups excluding carboxylic acids is 2. The Morgan fingerprint density at radius 1 is 1.31 bits per heavy atom. The molecular weight excluding hydrogens is 168 g/mol. The smallest absolute Gasteiger partial charge is 0.303 e. The maximum atomic E-state index is 11.4. The van der Waals surface area contributed by atoms with Crippen LogP contribution in [-0.2, 0) is 14.3 Å². The van der Waals surface area contributed by atoms with Gasteiger partial charge < -0.3 is 4.74 Å². The predicted molar refractivity (Wildman–Crippen MR) is 50.3 cm³/mol. The van der Waals surface area contributed by atoms with E-state index in [0.29, 0.717) is 6.42 Å². The number of rotatable bonds is 3. The Morgan fingerprint density at radius 3 is 2.08 bits per heavy atom. The van der Waals surface area contributed by atoms with Gasteiger partial charge in [0.1, 0.15) is 0 Å². The molecule has 0 aliphatic rings. The molecule has 0 aliphatic heterocycles. The zero-order valence-corrected chi connectivity index (χ0v) is 9.01. The standard InChI is InChI=1S/C10H18O3/c1-7(13-8(2)11)9(12)6-10(3,4)5/h7H,6H2,1-5H3. The van der Waals surface area contributed by atoms with Crippen LogP contribution in [0, 0.1) is 5.41 Å². The summed E-state index contributed by atoms with van der Waals surface area (Å²) in [4.78, 5) is 22.0. The van der Waals surface area contributed by atoms with Crippen molar-refractivity contribution in [2.24, 2.45) is 5.41 Å². The van der Waals surface area contributed by atoms with Crippen LogP contribution in [0.4, 0.5) is 0 Å². The van der Waals surface area contributed by atoms with Crippen molar-refractivity contribution in [1.82, 2.24) is 0 Å². The molecule has 0 aliphatic carbocycles. The first kappa shape index (κ1) is 12.1. The topological polar surface area (TPSA) is 43.4 Å². The average Bonchev–Trinajstić information content (AvgIpc) is 1.81. The Hall–Kier alpha value is -0.860. The quantitative estimate of drug-likeness (QED) is 0.633. The number of Topliss-reactive ketones (excluding diaryl/α,β-unsaturated/α-hetero) is 1. The Kier molecular flexibility index (Phi) is 4.11. The number of esters is 1. The number of carbonyl (C=O) groups is 2. The molecule has 0 aromatic rings. The summed E-state index contributed by atoms with van der Waals surface area (Å²) in [6.07, 6.45) is -0.182. The third kappa shape index (κ3) is 6.31. The molecule has 1 atom stereocenters. The van der Waals surface area contributed by atoms with Crippen molar-refractivity contribution in [3.63, 3.8) is 0 Å². The second-order valence-corrected chi connectivity index (χ2v) is 4.46. The summed E-state index contributed by atoms with van der Waals surface area (Å²) >= 11 is 0. The van der Waals surface area contributed by atoms with Crippen LogP contribution in [0.15, 0.2) is 0 Å². The van der Waals surface area contributed by atoms with Crippen LogP contribution < -0.4 is 0 Å². The number of ether oxygens (including phenoxy) is 1. The van der Waals surface area contributed by atoms with E-state index in [1.165, 1.54) is 6.92 Å².